The van der Waals surface area contributed by atoms with Gasteiger partial charge < -0.3 is 15.1 Å². The molecular weight excluding hydrogens is 358 g/mol. The minimum atomic E-state index is -0.290. The molecule has 1 aromatic rings. The topological polar surface area (TPSA) is 52.7 Å². The molecule has 0 bridgehead atoms. The van der Waals surface area contributed by atoms with E-state index in [1.54, 1.807) is 16.7 Å². The molecule has 0 aliphatic carbocycles. The predicted molar refractivity (Wildman–Crippen MR) is 113 cm³/mol. The van der Waals surface area contributed by atoms with Crippen LogP contribution >= 0.6 is 11.8 Å². The Labute approximate surface area is 167 Å². The van der Waals surface area contributed by atoms with Gasteiger partial charge in [-0.3, -0.25) is 4.79 Å². The number of urea groups is 1. The highest BCUT2D eigenvalue weighted by molar-refractivity contribution is 8.01. The van der Waals surface area contributed by atoms with Gasteiger partial charge in [0.2, 0.25) is 5.91 Å². The molecule has 2 rings (SSSR count). The molecule has 5 nitrogen and oxygen atoms in total. The molecule has 1 aromatic carbocycles. The molecule has 0 saturated carbocycles. The number of nitrogens with one attached hydrogen (secondary N) is 1. The lowest BCUT2D eigenvalue weighted by atomic mass is 10.1. The zero-order valence-electron chi connectivity index (χ0n) is 17.6. The molecule has 1 saturated heterocycles. The van der Waals surface area contributed by atoms with Gasteiger partial charge in [0.15, 0.2) is 0 Å². The molecule has 1 N–H and O–H groups in total. The number of hydrogen-bond acceptors (Lipinski definition) is 3. The summed E-state index contributed by atoms with van der Waals surface area (Å²) in [6.07, 6.45) is 0. The van der Waals surface area contributed by atoms with E-state index in [9.17, 15) is 9.59 Å². The van der Waals surface area contributed by atoms with Gasteiger partial charge >= 0.3 is 6.03 Å². The second-order valence-corrected chi connectivity index (χ2v) is 9.91. The summed E-state index contributed by atoms with van der Waals surface area (Å²) in [6, 6.07) is 8.19. The van der Waals surface area contributed by atoms with Gasteiger partial charge in [-0.05, 0) is 59.6 Å². The third-order valence-corrected chi connectivity index (χ3v) is 6.03. The van der Waals surface area contributed by atoms with E-state index in [2.05, 4.69) is 24.4 Å². The molecule has 1 heterocycles. The first kappa shape index (κ1) is 21.6. The third-order valence-electron chi connectivity index (χ3n) is 4.65. The molecule has 0 spiro atoms. The van der Waals surface area contributed by atoms with E-state index in [-0.39, 0.29) is 34.1 Å². The van der Waals surface area contributed by atoms with Crippen molar-refractivity contribution in [2.45, 2.75) is 70.7 Å². The van der Waals surface area contributed by atoms with Crippen molar-refractivity contribution in [3.05, 3.63) is 35.4 Å². The van der Waals surface area contributed by atoms with Crippen LogP contribution in [0.15, 0.2) is 24.3 Å². The van der Waals surface area contributed by atoms with Crippen LogP contribution in [-0.2, 0) is 4.79 Å². The summed E-state index contributed by atoms with van der Waals surface area (Å²) in [7, 11) is 0. The van der Waals surface area contributed by atoms with Crippen molar-refractivity contribution in [2.75, 3.05) is 13.1 Å². The monoisotopic (exact) mass is 391 g/mol. The Bertz CT molecular complexity index is 684. The van der Waals surface area contributed by atoms with Crippen molar-refractivity contribution in [3.63, 3.8) is 0 Å². The summed E-state index contributed by atoms with van der Waals surface area (Å²) < 4.78 is 0. The quantitative estimate of drug-likeness (QED) is 0.819. The van der Waals surface area contributed by atoms with Gasteiger partial charge in [-0.1, -0.05) is 24.3 Å². The summed E-state index contributed by atoms with van der Waals surface area (Å²) in [6.45, 7) is 15.0. The molecule has 1 aliphatic heterocycles. The van der Waals surface area contributed by atoms with Gasteiger partial charge in [-0.15, -0.1) is 11.8 Å². The second kappa shape index (κ2) is 8.55. The molecule has 1 fully saturated rings. The van der Waals surface area contributed by atoms with E-state index in [0.29, 0.717) is 13.1 Å². The van der Waals surface area contributed by atoms with Crippen LogP contribution in [0.5, 0.6) is 0 Å². The standard InChI is InChI=1S/C21H33N3O2S/c1-14(2)23(20(26)22-21(5,6)7)12-13-24-18(25)16(4)27-19(24)17-11-9-8-10-15(17)3/h8-11,14,16,19H,12-13H2,1-7H3,(H,22,26)/t16-,19+/m1/s1. The predicted octanol–water partition coefficient (Wildman–Crippen LogP) is 4.18. The maximum Gasteiger partial charge on any atom is 0.318 e. The van der Waals surface area contributed by atoms with Crippen LogP contribution in [0.25, 0.3) is 0 Å². The smallest absolute Gasteiger partial charge is 0.318 e. The average molecular weight is 392 g/mol. The SMILES string of the molecule is Cc1ccccc1[C@@H]1S[C@H](C)C(=O)N1CCN(C(=O)NC(C)(C)C)C(C)C. The Morgan fingerprint density at radius 2 is 1.93 bits per heavy atom. The first-order valence-corrected chi connectivity index (χ1v) is 10.6. The first-order valence-electron chi connectivity index (χ1n) is 9.61. The van der Waals surface area contributed by atoms with Crippen LogP contribution < -0.4 is 5.32 Å². The minimum absolute atomic E-state index is 0.00777. The van der Waals surface area contributed by atoms with E-state index >= 15 is 0 Å². The van der Waals surface area contributed by atoms with Crippen LogP contribution in [0.3, 0.4) is 0 Å². The van der Waals surface area contributed by atoms with Gasteiger partial charge in [-0.2, -0.15) is 0 Å². The lowest BCUT2D eigenvalue weighted by Crippen LogP contribution is -2.52. The van der Waals surface area contributed by atoms with E-state index < -0.39 is 0 Å². The summed E-state index contributed by atoms with van der Waals surface area (Å²) in [5.41, 5.74) is 2.07. The van der Waals surface area contributed by atoms with Crippen molar-refractivity contribution < 1.29 is 9.59 Å². The van der Waals surface area contributed by atoms with Crippen molar-refractivity contribution >= 4 is 23.7 Å². The van der Waals surface area contributed by atoms with Gasteiger partial charge in [0.05, 0.1) is 5.25 Å². The van der Waals surface area contributed by atoms with Crippen LogP contribution in [-0.4, -0.2) is 51.7 Å². The maximum absolute atomic E-state index is 12.8. The van der Waals surface area contributed by atoms with Gasteiger partial charge in [-0.25, -0.2) is 4.79 Å². The molecule has 0 radical (unpaired) electrons. The Morgan fingerprint density at radius 1 is 1.30 bits per heavy atom. The van der Waals surface area contributed by atoms with Crippen molar-refractivity contribution in [1.82, 2.24) is 15.1 Å². The summed E-state index contributed by atoms with van der Waals surface area (Å²) in [5.74, 6) is 0.146. The minimum Gasteiger partial charge on any atom is -0.333 e. The second-order valence-electron chi connectivity index (χ2n) is 8.49. The molecule has 3 amide bonds. The maximum atomic E-state index is 12.8. The number of carbonyl (C=O) groups is 2. The van der Waals surface area contributed by atoms with Gasteiger partial charge in [0.25, 0.3) is 0 Å². The lowest BCUT2D eigenvalue weighted by Gasteiger charge is -2.33. The summed E-state index contributed by atoms with van der Waals surface area (Å²) in [4.78, 5) is 29.2. The van der Waals surface area contributed by atoms with Crippen LogP contribution in [0, 0.1) is 6.92 Å². The zero-order valence-corrected chi connectivity index (χ0v) is 18.4. The highest BCUT2D eigenvalue weighted by Gasteiger charge is 2.39. The van der Waals surface area contributed by atoms with Crippen molar-refractivity contribution in [1.29, 1.82) is 0 Å². The van der Waals surface area contributed by atoms with Crippen LogP contribution in [0.4, 0.5) is 4.79 Å². The number of nitrogens with zero attached hydrogens (tertiary/aromatic N) is 2. The fourth-order valence-electron chi connectivity index (χ4n) is 3.21. The number of thioether (sulfide) groups is 1. The van der Waals surface area contributed by atoms with Crippen molar-refractivity contribution in [2.24, 2.45) is 0 Å². The average Bonchev–Trinajstić information content (AvgIpc) is 2.81. The summed E-state index contributed by atoms with van der Waals surface area (Å²) >= 11 is 1.68. The summed E-state index contributed by atoms with van der Waals surface area (Å²) in [5, 5.41) is 2.97. The number of hydrogen-bond donors (Lipinski definition) is 1. The molecule has 1 aliphatic rings. The fraction of sp³-hybridized carbons (Fsp3) is 0.619. The molecule has 150 valence electrons. The number of amides is 3. The third kappa shape index (κ3) is 5.41. The fourth-order valence-corrected chi connectivity index (χ4v) is 4.61. The van der Waals surface area contributed by atoms with E-state index in [4.69, 9.17) is 0 Å². The first-order chi connectivity index (χ1) is 12.5. The molecule has 0 aromatic heterocycles. The normalized spacial score (nSPS) is 20.3. The molecular formula is C21H33N3O2S. The Morgan fingerprint density at radius 3 is 2.48 bits per heavy atom. The number of rotatable bonds is 5. The highest BCUT2D eigenvalue weighted by atomic mass is 32.2. The van der Waals surface area contributed by atoms with Crippen molar-refractivity contribution in [3.8, 4) is 0 Å². The molecule has 27 heavy (non-hydrogen) atoms. The Balaban J connectivity index is 2.15. The van der Waals surface area contributed by atoms with Crippen LogP contribution in [0.2, 0.25) is 0 Å². The Kier molecular flexibility index (Phi) is 6.84. The molecule has 0 unspecified atom stereocenters. The van der Waals surface area contributed by atoms with Gasteiger partial charge in [0, 0.05) is 24.7 Å². The largest absolute Gasteiger partial charge is 0.333 e. The Hall–Kier alpha value is -1.69. The van der Waals surface area contributed by atoms with E-state index in [1.165, 1.54) is 11.1 Å². The number of carbonyl (C=O) groups excluding carboxylic acids is 2. The van der Waals surface area contributed by atoms with Crippen LogP contribution in [0.1, 0.15) is 58.0 Å². The number of aryl methyl sites for hydroxylation is 1. The molecule has 2 atom stereocenters. The highest BCUT2D eigenvalue weighted by Crippen LogP contribution is 2.43. The van der Waals surface area contributed by atoms with Gasteiger partial charge in [0.1, 0.15) is 5.37 Å². The molecule has 6 heteroatoms. The van der Waals surface area contributed by atoms with E-state index in [0.717, 1.165) is 0 Å². The van der Waals surface area contributed by atoms with E-state index in [1.807, 2.05) is 58.6 Å². The zero-order chi connectivity index (χ0) is 20.4. The lowest BCUT2D eigenvalue weighted by molar-refractivity contribution is -0.130. The number of benzene rings is 1.